The molecule has 3 aromatic rings. The van der Waals surface area contributed by atoms with Crippen LogP contribution in [0, 0.1) is 13.8 Å². The Bertz CT molecular complexity index is 1070. The molecule has 0 heterocycles. The topological polar surface area (TPSA) is 46.2 Å². The van der Waals surface area contributed by atoms with E-state index in [9.17, 15) is 8.42 Å². The molecule has 0 aliphatic heterocycles. The molecule has 0 bridgehead atoms. The Hall–Kier alpha value is -2.01. The van der Waals surface area contributed by atoms with Gasteiger partial charge in [-0.05, 0) is 72.5 Å². The Morgan fingerprint density at radius 3 is 2.19 bits per heavy atom. The molecule has 3 aromatic carbocycles. The van der Waals surface area contributed by atoms with Crippen LogP contribution in [0.15, 0.2) is 65.6 Å². The largest absolute Gasteiger partial charge is 0.279 e. The van der Waals surface area contributed by atoms with Gasteiger partial charge in [0, 0.05) is 16.5 Å². The van der Waals surface area contributed by atoms with Crippen LogP contribution in [0.1, 0.15) is 22.3 Å². The van der Waals surface area contributed by atoms with Crippen LogP contribution < -0.4 is 4.72 Å². The van der Waals surface area contributed by atoms with Crippen LogP contribution in [0.4, 0.5) is 5.69 Å². The van der Waals surface area contributed by atoms with Crippen molar-refractivity contribution in [2.24, 2.45) is 0 Å². The van der Waals surface area contributed by atoms with Crippen LogP contribution in [0.2, 0.25) is 10.0 Å². The maximum Gasteiger partial charge on any atom is 0.261 e. The summed E-state index contributed by atoms with van der Waals surface area (Å²) in [6.45, 7) is 3.74. The molecular formula is C21H19Cl2NO2S. The van der Waals surface area contributed by atoms with Gasteiger partial charge in [-0.3, -0.25) is 4.72 Å². The minimum absolute atomic E-state index is 0.235. The summed E-state index contributed by atoms with van der Waals surface area (Å²) < 4.78 is 28.5. The lowest BCUT2D eigenvalue weighted by Crippen LogP contribution is -2.15. The summed E-state index contributed by atoms with van der Waals surface area (Å²) >= 11 is 12.4. The lowest BCUT2D eigenvalue weighted by molar-refractivity contribution is 0.601. The summed E-state index contributed by atoms with van der Waals surface area (Å²) in [6, 6.07) is 17.8. The molecule has 3 rings (SSSR count). The Morgan fingerprint density at radius 1 is 0.852 bits per heavy atom. The second-order valence-corrected chi connectivity index (χ2v) is 9.02. The van der Waals surface area contributed by atoms with Crippen LogP contribution >= 0.6 is 23.2 Å². The molecule has 1 N–H and O–H groups in total. The third-order valence-corrected chi connectivity index (χ3v) is 6.10. The molecule has 0 saturated heterocycles. The molecule has 0 aromatic heterocycles. The molecule has 0 aliphatic carbocycles. The highest BCUT2D eigenvalue weighted by Crippen LogP contribution is 2.28. The maximum absolute atomic E-state index is 12.9. The first-order valence-corrected chi connectivity index (χ1v) is 10.6. The van der Waals surface area contributed by atoms with Crippen LogP contribution in [-0.4, -0.2) is 8.42 Å². The smallest absolute Gasteiger partial charge is 0.261 e. The maximum atomic E-state index is 12.9. The summed E-state index contributed by atoms with van der Waals surface area (Å²) in [6.07, 6.45) is 0.463. The van der Waals surface area contributed by atoms with Gasteiger partial charge in [0.15, 0.2) is 0 Å². The minimum atomic E-state index is -3.72. The summed E-state index contributed by atoms with van der Waals surface area (Å²) in [7, 11) is -3.72. The lowest BCUT2D eigenvalue weighted by Gasteiger charge is -2.15. The number of sulfonamides is 1. The van der Waals surface area contributed by atoms with E-state index in [0.29, 0.717) is 22.2 Å². The first-order valence-electron chi connectivity index (χ1n) is 8.37. The normalized spacial score (nSPS) is 11.4. The van der Waals surface area contributed by atoms with E-state index in [4.69, 9.17) is 23.2 Å². The van der Waals surface area contributed by atoms with Crippen molar-refractivity contribution in [2.45, 2.75) is 25.2 Å². The van der Waals surface area contributed by atoms with E-state index < -0.39 is 10.0 Å². The van der Waals surface area contributed by atoms with Crippen molar-refractivity contribution in [2.75, 3.05) is 4.72 Å². The monoisotopic (exact) mass is 419 g/mol. The number of nitrogens with one attached hydrogen (secondary N) is 1. The van der Waals surface area contributed by atoms with Crippen molar-refractivity contribution in [1.82, 2.24) is 0 Å². The van der Waals surface area contributed by atoms with Crippen molar-refractivity contribution < 1.29 is 8.42 Å². The summed E-state index contributed by atoms with van der Waals surface area (Å²) in [5.74, 6) is 0. The fourth-order valence-electron chi connectivity index (χ4n) is 2.95. The van der Waals surface area contributed by atoms with Crippen molar-refractivity contribution in [3.05, 3.63) is 93.0 Å². The Labute approximate surface area is 170 Å². The first-order chi connectivity index (χ1) is 12.7. The van der Waals surface area contributed by atoms with E-state index in [1.54, 1.807) is 36.4 Å². The highest BCUT2D eigenvalue weighted by molar-refractivity contribution is 7.92. The summed E-state index contributed by atoms with van der Waals surface area (Å²) in [5.41, 5.74) is 3.92. The fraction of sp³-hybridized carbons (Fsp3) is 0.143. The molecule has 0 amide bonds. The highest BCUT2D eigenvalue weighted by Gasteiger charge is 2.17. The van der Waals surface area contributed by atoms with Crippen molar-refractivity contribution in [3.8, 4) is 0 Å². The van der Waals surface area contributed by atoms with E-state index in [0.717, 1.165) is 22.3 Å². The number of hydrogen-bond donors (Lipinski definition) is 1. The van der Waals surface area contributed by atoms with Gasteiger partial charge in [0.1, 0.15) is 0 Å². The quantitative estimate of drug-likeness (QED) is 0.550. The van der Waals surface area contributed by atoms with Crippen molar-refractivity contribution >= 4 is 38.9 Å². The molecule has 0 aliphatic rings. The van der Waals surface area contributed by atoms with Gasteiger partial charge < -0.3 is 0 Å². The second kappa shape index (κ2) is 7.93. The SMILES string of the molecule is Cc1cc(C)cc(S(=O)(=O)Nc2ccc(Cl)cc2Cc2ccccc2Cl)c1. The van der Waals surface area contributed by atoms with Gasteiger partial charge in [-0.25, -0.2) is 8.42 Å². The van der Waals surface area contributed by atoms with Crippen LogP contribution in [0.25, 0.3) is 0 Å². The Kier molecular flexibility index (Phi) is 5.80. The van der Waals surface area contributed by atoms with Gasteiger partial charge in [-0.1, -0.05) is 47.5 Å². The molecule has 0 fully saturated rings. The zero-order valence-electron chi connectivity index (χ0n) is 15.0. The zero-order chi connectivity index (χ0) is 19.6. The molecule has 6 heteroatoms. The fourth-order valence-corrected chi connectivity index (χ4v) is 4.63. The number of benzene rings is 3. The van der Waals surface area contributed by atoms with Gasteiger partial charge in [-0.2, -0.15) is 0 Å². The summed E-state index contributed by atoms with van der Waals surface area (Å²) in [4.78, 5) is 0.235. The van der Waals surface area contributed by atoms with Gasteiger partial charge in [0.25, 0.3) is 10.0 Å². The van der Waals surface area contributed by atoms with E-state index in [2.05, 4.69) is 4.72 Å². The van der Waals surface area contributed by atoms with E-state index in [1.807, 2.05) is 38.1 Å². The van der Waals surface area contributed by atoms with Crippen LogP contribution in [0.5, 0.6) is 0 Å². The second-order valence-electron chi connectivity index (χ2n) is 6.50. The molecular weight excluding hydrogens is 401 g/mol. The predicted octanol–water partition coefficient (Wildman–Crippen LogP) is 6.00. The van der Waals surface area contributed by atoms with Crippen LogP contribution in [0.3, 0.4) is 0 Å². The van der Waals surface area contributed by atoms with Gasteiger partial charge in [0.05, 0.1) is 10.6 Å². The van der Waals surface area contributed by atoms with Crippen LogP contribution in [-0.2, 0) is 16.4 Å². The van der Waals surface area contributed by atoms with Gasteiger partial charge in [-0.15, -0.1) is 0 Å². The molecule has 0 spiro atoms. The Morgan fingerprint density at radius 2 is 1.52 bits per heavy atom. The molecule has 140 valence electrons. The number of hydrogen-bond acceptors (Lipinski definition) is 2. The molecule has 0 radical (unpaired) electrons. The number of aryl methyl sites for hydroxylation is 2. The molecule has 27 heavy (non-hydrogen) atoms. The van der Waals surface area contributed by atoms with E-state index in [1.165, 1.54) is 0 Å². The first kappa shape index (κ1) is 19.7. The number of halogens is 2. The number of rotatable bonds is 5. The van der Waals surface area contributed by atoms with Gasteiger partial charge >= 0.3 is 0 Å². The summed E-state index contributed by atoms with van der Waals surface area (Å²) in [5, 5.41) is 1.16. The van der Waals surface area contributed by atoms with E-state index >= 15 is 0 Å². The third-order valence-electron chi connectivity index (χ3n) is 4.16. The molecule has 0 saturated carbocycles. The van der Waals surface area contributed by atoms with Crippen molar-refractivity contribution in [1.29, 1.82) is 0 Å². The lowest BCUT2D eigenvalue weighted by atomic mass is 10.0. The predicted molar refractivity (Wildman–Crippen MR) is 112 cm³/mol. The average molecular weight is 420 g/mol. The van der Waals surface area contributed by atoms with Crippen molar-refractivity contribution in [3.63, 3.8) is 0 Å². The van der Waals surface area contributed by atoms with E-state index in [-0.39, 0.29) is 4.90 Å². The zero-order valence-corrected chi connectivity index (χ0v) is 17.3. The Balaban J connectivity index is 1.98. The highest BCUT2D eigenvalue weighted by atomic mass is 35.5. The molecule has 0 unspecified atom stereocenters. The minimum Gasteiger partial charge on any atom is -0.279 e. The standard InChI is InChI=1S/C21H19Cl2NO2S/c1-14-9-15(2)11-19(10-14)27(25,26)24-21-8-7-18(22)13-17(21)12-16-5-3-4-6-20(16)23/h3-11,13,24H,12H2,1-2H3. The molecule has 3 nitrogen and oxygen atoms in total. The molecule has 0 atom stereocenters. The number of anilines is 1. The van der Waals surface area contributed by atoms with Gasteiger partial charge in [0.2, 0.25) is 0 Å². The average Bonchev–Trinajstić information content (AvgIpc) is 2.58. The third kappa shape index (κ3) is 4.83.